The van der Waals surface area contributed by atoms with Crippen LogP contribution in [0.15, 0.2) is 18.2 Å². The fourth-order valence-electron chi connectivity index (χ4n) is 2.30. The molecule has 1 aromatic carbocycles. The Balaban J connectivity index is 2.61. The standard InChI is InChI=1S/C16H26N2O2/c1-6-20-16(19)14(17-4)9-10-18(5)15-8-7-12(2)11-13(15)3/h7-8,11,14,17H,6,9-10H2,1-5H3. The lowest BCUT2D eigenvalue weighted by atomic mass is 10.1. The van der Waals surface area contributed by atoms with Crippen LogP contribution in [0.5, 0.6) is 0 Å². The number of benzene rings is 1. The summed E-state index contributed by atoms with van der Waals surface area (Å²) >= 11 is 0. The molecule has 0 radical (unpaired) electrons. The molecule has 0 aliphatic rings. The molecule has 0 saturated carbocycles. The van der Waals surface area contributed by atoms with Crippen molar-refractivity contribution in [2.45, 2.75) is 33.2 Å². The second kappa shape index (κ2) is 7.90. The molecule has 0 aromatic heterocycles. The molecule has 112 valence electrons. The summed E-state index contributed by atoms with van der Waals surface area (Å²) in [5.74, 6) is -0.177. The van der Waals surface area contributed by atoms with Gasteiger partial charge in [-0.1, -0.05) is 17.7 Å². The molecule has 0 amide bonds. The van der Waals surface area contributed by atoms with E-state index in [0.717, 1.165) is 13.0 Å². The van der Waals surface area contributed by atoms with E-state index in [2.05, 4.69) is 49.3 Å². The molecule has 20 heavy (non-hydrogen) atoms. The zero-order chi connectivity index (χ0) is 15.1. The average molecular weight is 278 g/mol. The van der Waals surface area contributed by atoms with Gasteiger partial charge in [0.2, 0.25) is 0 Å². The van der Waals surface area contributed by atoms with Gasteiger partial charge in [0.05, 0.1) is 6.61 Å². The Kier molecular flexibility index (Phi) is 6.52. The van der Waals surface area contributed by atoms with Crippen molar-refractivity contribution in [1.82, 2.24) is 5.32 Å². The van der Waals surface area contributed by atoms with Gasteiger partial charge >= 0.3 is 5.97 Å². The van der Waals surface area contributed by atoms with Crippen LogP contribution in [0.3, 0.4) is 0 Å². The van der Waals surface area contributed by atoms with Gasteiger partial charge in [-0.15, -0.1) is 0 Å². The number of nitrogens with zero attached hydrogens (tertiary/aromatic N) is 1. The van der Waals surface area contributed by atoms with E-state index >= 15 is 0 Å². The van der Waals surface area contributed by atoms with Gasteiger partial charge in [0.15, 0.2) is 0 Å². The number of anilines is 1. The number of rotatable bonds is 7. The third kappa shape index (κ3) is 4.53. The van der Waals surface area contributed by atoms with Gasteiger partial charge in [0.1, 0.15) is 6.04 Å². The molecule has 1 atom stereocenters. The maximum atomic E-state index is 11.7. The van der Waals surface area contributed by atoms with Crippen molar-refractivity contribution in [2.75, 3.05) is 32.1 Å². The van der Waals surface area contributed by atoms with Crippen LogP contribution in [0.1, 0.15) is 24.5 Å². The summed E-state index contributed by atoms with van der Waals surface area (Å²) in [5.41, 5.74) is 3.72. The SMILES string of the molecule is CCOC(=O)C(CCN(C)c1ccc(C)cc1C)NC. The third-order valence-electron chi connectivity index (χ3n) is 3.44. The van der Waals surface area contributed by atoms with Crippen LogP contribution >= 0.6 is 0 Å². The molecular formula is C16H26N2O2. The zero-order valence-corrected chi connectivity index (χ0v) is 13.2. The van der Waals surface area contributed by atoms with Crippen molar-refractivity contribution in [3.8, 4) is 0 Å². The van der Waals surface area contributed by atoms with E-state index in [4.69, 9.17) is 4.74 Å². The van der Waals surface area contributed by atoms with E-state index in [1.165, 1.54) is 16.8 Å². The maximum Gasteiger partial charge on any atom is 0.323 e. The fourth-order valence-corrected chi connectivity index (χ4v) is 2.30. The lowest BCUT2D eigenvalue weighted by Gasteiger charge is -2.24. The lowest BCUT2D eigenvalue weighted by molar-refractivity contribution is -0.145. The number of hydrogen-bond donors (Lipinski definition) is 1. The van der Waals surface area contributed by atoms with Crippen molar-refractivity contribution in [3.05, 3.63) is 29.3 Å². The van der Waals surface area contributed by atoms with Gasteiger partial charge in [0.25, 0.3) is 0 Å². The predicted octanol–water partition coefficient (Wildman–Crippen LogP) is 2.28. The molecule has 0 spiro atoms. The highest BCUT2D eigenvalue weighted by molar-refractivity contribution is 5.75. The second-order valence-corrected chi connectivity index (χ2v) is 5.09. The summed E-state index contributed by atoms with van der Waals surface area (Å²) in [7, 11) is 3.84. The Morgan fingerprint density at radius 2 is 2.10 bits per heavy atom. The molecule has 1 N–H and O–H groups in total. The Bertz CT molecular complexity index is 446. The predicted molar refractivity (Wildman–Crippen MR) is 83.3 cm³/mol. The zero-order valence-electron chi connectivity index (χ0n) is 13.2. The van der Waals surface area contributed by atoms with Crippen LogP contribution in [0.25, 0.3) is 0 Å². The average Bonchev–Trinajstić information content (AvgIpc) is 2.39. The number of ether oxygens (including phenoxy) is 1. The highest BCUT2D eigenvalue weighted by Crippen LogP contribution is 2.20. The van der Waals surface area contributed by atoms with Gasteiger partial charge < -0.3 is 15.0 Å². The summed E-state index contributed by atoms with van der Waals surface area (Å²) in [6, 6.07) is 6.17. The number of aryl methyl sites for hydroxylation is 2. The van der Waals surface area contributed by atoms with E-state index in [9.17, 15) is 4.79 Å². The fraction of sp³-hybridized carbons (Fsp3) is 0.562. The smallest absolute Gasteiger partial charge is 0.323 e. The molecule has 0 saturated heterocycles. The topological polar surface area (TPSA) is 41.6 Å². The summed E-state index contributed by atoms with van der Waals surface area (Å²) in [6.45, 7) is 7.25. The van der Waals surface area contributed by atoms with Crippen molar-refractivity contribution in [3.63, 3.8) is 0 Å². The summed E-state index contributed by atoms with van der Waals surface area (Å²) < 4.78 is 5.05. The highest BCUT2D eigenvalue weighted by Gasteiger charge is 2.18. The summed E-state index contributed by atoms with van der Waals surface area (Å²) in [5, 5.41) is 3.02. The number of carbonyl (C=O) groups is 1. The Morgan fingerprint density at radius 1 is 1.40 bits per heavy atom. The summed E-state index contributed by atoms with van der Waals surface area (Å²) in [6.07, 6.45) is 0.721. The minimum Gasteiger partial charge on any atom is -0.465 e. The minimum atomic E-state index is -0.247. The van der Waals surface area contributed by atoms with Crippen molar-refractivity contribution < 1.29 is 9.53 Å². The van der Waals surface area contributed by atoms with E-state index in [1.54, 1.807) is 7.05 Å². The van der Waals surface area contributed by atoms with Gasteiger partial charge in [-0.05, 0) is 45.9 Å². The number of likely N-dealkylation sites (N-methyl/N-ethyl adjacent to an activating group) is 1. The molecule has 0 bridgehead atoms. The van der Waals surface area contributed by atoms with E-state index < -0.39 is 0 Å². The van der Waals surface area contributed by atoms with Crippen LogP contribution < -0.4 is 10.2 Å². The van der Waals surface area contributed by atoms with Gasteiger partial charge in [-0.2, -0.15) is 0 Å². The summed E-state index contributed by atoms with van der Waals surface area (Å²) in [4.78, 5) is 13.9. The van der Waals surface area contributed by atoms with Gasteiger partial charge in [-0.3, -0.25) is 4.79 Å². The van der Waals surface area contributed by atoms with Gasteiger partial charge in [-0.25, -0.2) is 0 Å². The number of esters is 1. The number of carbonyl (C=O) groups excluding carboxylic acids is 1. The first-order valence-corrected chi connectivity index (χ1v) is 7.11. The molecule has 1 aromatic rings. The molecule has 1 unspecified atom stereocenters. The molecular weight excluding hydrogens is 252 g/mol. The quantitative estimate of drug-likeness (QED) is 0.777. The van der Waals surface area contributed by atoms with E-state index in [-0.39, 0.29) is 12.0 Å². The molecule has 0 aliphatic carbocycles. The second-order valence-electron chi connectivity index (χ2n) is 5.09. The van der Waals surface area contributed by atoms with Crippen molar-refractivity contribution >= 4 is 11.7 Å². The number of hydrogen-bond acceptors (Lipinski definition) is 4. The van der Waals surface area contributed by atoms with Gasteiger partial charge in [0, 0.05) is 19.3 Å². The Hall–Kier alpha value is -1.55. The lowest BCUT2D eigenvalue weighted by Crippen LogP contribution is -2.38. The first kappa shape index (κ1) is 16.5. The van der Waals surface area contributed by atoms with Crippen molar-refractivity contribution in [1.29, 1.82) is 0 Å². The largest absolute Gasteiger partial charge is 0.465 e. The molecule has 0 aliphatic heterocycles. The van der Waals surface area contributed by atoms with Crippen LogP contribution in [-0.4, -0.2) is 39.3 Å². The normalized spacial score (nSPS) is 12.1. The first-order chi connectivity index (χ1) is 9.49. The number of nitrogens with one attached hydrogen (secondary N) is 1. The molecule has 4 heteroatoms. The third-order valence-corrected chi connectivity index (χ3v) is 3.44. The molecule has 0 fully saturated rings. The van der Waals surface area contributed by atoms with Crippen LogP contribution in [0.4, 0.5) is 5.69 Å². The molecule has 0 heterocycles. The van der Waals surface area contributed by atoms with Crippen LogP contribution in [0, 0.1) is 13.8 Å². The Labute approximate surface area is 122 Å². The molecule has 4 nitrogen and oxygen atoms in total. The first-order valence-electron chi connectivity index (χ1n) is 7.11. The van der Waals surface area contributed by atoms with Crippen LogP contribution in [-0.2, 0) is 9.53 Å². The van der Waals surface area contributed by atoms with E-state index in [0.29, 0.717) is 6.61 Å². The minimum absolute atomic E-state index is 0.177. The highest BCUT2D eigenvalue weighted by atomic mass is 16.5. The maximum absolute atomic E-state index is 11.7. The van der Waals surface area contributed by atoms with E-state index in [1.807, 2.05) is 6.92 Å². The van der Waals surface area contributed by atoms with Crippen molar-refractivity contribution in [2.24, 2.45) is 0 Å². The Morgan fingerprint density at radius 3 is 2.65 bits per heavy atom. The van der Waals surface area contributed by atoms with Crippen LogP contribution in [0.2, 0.25) is 0 Å². The monoisotopic (exact) mass is 278 g/mol. The molecule has 1 rings (SSSR count).